The lowest BCUT2D eigenvalue weighted by molar-refractivity contribution is -0.00214. The van der Waals surface area contributed by atoms with Crippen molar-refractivity contribution in [2.24, 2.45) is 23.7 Å². The summed E-state index contributed by atoms with van der Waals surface area (Å²) in [6.07, 6.45) is 7.16. The number of nitrogens with zero attached hydrogens (tertiary/aromatic N) is 1. The second-order valence-corrected chi connectivity index (χ2v) is 17.0. The van der Waals surface area contributed by atoms with Gasteiger partial charge < -0.3 is 4.90 Å². The third kappa shape index (κ3) is 6.36. The molecule has 4 bridgehead atoms. The van der Waals surface area contributed by atoms with Crippen molar-refractivity contribution in [2.45, 2.75) is 38.0 Å². The maximum absolute atomic E-state index is 2.53. The van der Waals surface area contributed by atoms with E-state index in [1.807, 2.05) is 0 Å². The molecule has 4 aliphatic carbocycles. The first-order chi connectivity index (χ1) is 28.2. The van der Waals surface area contributed by atoms with Crippen molar-refractivity contribution in [3.63, 3.8) is 0 Å². The number of benzene rings is 8. The van der Waals surface area contributed by atoms with Crippen molar-refractivity contribution in [3.05, 3.63) is 200 Å². The predicted octanol–water partition coefficient (Wildman–Crippen LogP) is 15.5. The van der Waals surface area contributed by atoms with Gasteiger partial charge in [-0.05, 0) is 165 Å². The lowest BCUT2D eigenvalue weighted by Gasteiger charge is -2.55. The summed E-state index contributed by atoms with van der Waals surface area (Å²) in [5, 5.41) is 2.82. The van der Waals surface area contributed by atoms with Gasteiger partial charge in [0.2, 0.25) is 0 Å². The molecule has 0 heterocycles. The van der Waals surface area contributed by atoms with Crippen LogP contribution in [0.2, 0.25) is 0 Å². The highest BCUT2D eigenvalue weighted by Gasteiger charge is 2.49. The van der Waals surface area contributed by atoms with Crippen LogP contribution in [0.3, 0.4) is 0 Å². The number of hydrogen-bond donors (Lipinski definition) is 0. The van der Waals surface area contributed by atoms with E-state index in [0.29, 0.717) is 5.92 Å². The summed E-state index contributed by atoms with van der Waals surface area (Å²) < 4.78 is 0. The third-order valence-corrected chi connectivity index (χ3v) is 13.6. The van der Waals surface area contributed by atoms with E-state index in [1.165, 1.54) is 87.4 Å². The van der Waals surface area contributed by atoms with Gasteiger partial charge in [0.1, 0.15) is 0 Å². The predicted molar refractivity (Wildman–Crippen MR) is 240 cm³/mol. The van der Waals surface area contributed by atoms with E-state index in [2.05, 4.69) is 199 Å². The fourth-order valence-corrected chi connectivity index (χ4v) is 11.3. The Hall–Kier alpha value is -6.18. The zero-order valence-corrected chi connectivity index (χ0v) is 32.3. The van der Waals surface area contributed by atoms with Crippen LogP contribution in [-0.2, 0) is 0 Å². The highest BCUT2D eigenvalue weighted by atomic mass is 15.1. The summed E-state index contributed by atoms with van der Waals surface area (Å²) in [5.74, 6) is 4.18. The quantitative estimate of drug-likeness (QED) is 0.150. The van der Waals surface area contributed by atoms with Crippen molar-refractivity contribution in [1.29, 1.82) is 0 Å². The molecule has 4 saturated carbocycles. The fraction of sp³-hybridized carbons (Fsp3) is 0.179. The molecular formula is C56H47N. The SMILES string of the molecule is c1ccc(-c2ccc(N(c3ccc(-c4ccccc4)cc3)c3ccc(-c4ccc5ccc(-c6ccccc6)c(C6C7CC8CC(C7)CC6C8)c5c4)cc3)cc2)cc1. The van der Waals surface area contributed by atoms with E-state index in [9.17, 15) is 0 Å². The second-order valence-electron chi connectivity index (χ2n) is 17.0. The van der Waals surface area contributed by atoms with Crippen LogP contribution in [-0.4, -0.2) is 0 Å². The van der Waals surface area contributed by atoms with Gasteiger partial charge in [-0.15, -0.1) is 0 Å². The first kappa shape index (κ1) is 34.1. The van der Waals surface area contributed by atoms with Crippen LogP contribution < -0.4 is 4.90 Å². The number of hydrogen-bond acceptors (Lipinski definition) is 1. The third-order valence-electron chi connectivity index (χ3n) is 13.6. The molecule has 4 fully saturated rings. The van der Waals surface area contributed by atoms with E-state index < -0.39 is 0 Å². The van der Waals surface area contributed by atoms with Crippen molar-refractivity contribution in [1.82, 2.24) is 0 Å². The molecule has 1 heteroatoms. The lowest BCUT2D eigenvalue weighted by Crippen LogP contribution is -2.44. The van der Waals surface area contributed by atoms with Crippen LogP contribution in [0.15, 0.2) is 194 Å². The largest absolute Gasteiger partial charge is 0.311 e. The molecule has 0 aromatic heterocycles. The molecule has 0 N–H and O–H groups in total. The normalized spacial score (nSPS) is 20.8. The summed E-state index contributed by atoms with van der Waals surface area (Å²) in [7, 11) is 0. The standard InChI is InChI=1S/C56H47N/c1-4-10-40(11-5-1)42-18-25-50(26-19-42)57(51-27-20-43(21-28-51)41-12-6-2-7-13-41)52-29-22-44(23-30-52)47-17-16-46-24-31-53(45-14-8-3-9-15-45)56(54(46)37-47)55-48-33-38-32-39(35-48)36-49(55)34-38/h1-31,37-39,48-49,55H,32-36H2. The van der Waals surface area contributed by atoms with Crippen LogP contribution in [0, 0.1) is 23.7 Å². The van der Waals surface area contributed by atoms with Gasteiger partial charge in [-0.2, -0.15) is 0 Å². The Morgan fingerprint density at radius 3 is 1.19 bits per heavy atom. The smallest absolute Gasteiger partial charge is 0.0462 e. The molecule has 1 nitrogen and oxygen atoms in total. The van der Waals surface area contributed by atoms with Gasteiger partial charge in [-0.3, -0.25) is 0 Å². The van der Waals surface area contributed by atoms with Crippen molar-refractivity contribution in [2.75, 3.05) is 4.90 Å². The van der Waals surface area contributed by atoms with Gasteiger partial charge in [0.15, 0.2) is 0 Å². The molecule has 12 rings (SSSR count). The van der Waals surface area contributed by atoms with E-state index >= 15 is 0 Å². The minimum absolute atomic E-state index is 0.643. The highest BCUT2D eigenvalue weighted by Crippen LogP contribution is 2.61. The molecule has 8 aromatic rings. The number of rotatable bonds is 8. The molecule has 276 valence electrons. The van der Waals surface area contributed by atoms with Crippen LogP contribution in [0.1, 0.15) is 43.6 Å². The maximum atomic E-state index is 2.53. The molecule has 8 aromatic carbocycles. The Morgan fingerprint density at radius 2 is 0.719 bits per heavy atom. The first-order valence-electron chi connectivity index (χ1n) is 21.1. The average Bonchev–Trinajstić information content (AvgIpc) is 3.27. The van der Waals surface area contributed by atoms with Gasteiger partial charge in [0.05, 0.1) is 0 Å². The lowest BCUT2D eigenvalue weighted by atomic mass is 9.50. The molecule has 0 atom stereocenters. The molecule has 0 radical (unpaired) electrons. The van der Waals surface area contributed by atoms with Crippen LogP contribution >= 0.6 is 0 Å². The monoisotopic (exact) mass is 733 g/mol. The Labute approximate surface area is 337 Å². The van der Waals surface area contributed by atoms with Gasteiger partial charge in [0, 0.05) is 17.1 Å². The van der Waals surface area contributed by atoms with Gasteiger partial charge in [0.25, 0.3) is 0 Å². The molecule has 0 spiro atoms. The Kier molecular flexibility index (Phi) is 8.61. The van der Waals surface area contributed by atoms with Gasteiger partial charge >= 0.3 is 0 Å². The zero-order valence-electron chi connectivity index (χ0n) is 32.3. The molecule has 0 aliphatic heterocycles. The molecule has 4 aliphatic rings. The number of anilines is 3. The van der Waals surface area contributed by atoms with Crippen LogP contribution in [0.25, 0.3) is 55.3 Å². The highest BCUT2D eigenvalue weighted by molar-refractivity contribution is 5.95. The Balaban J connectivity index is 0.983. The summed E-state index contributed by atoms with van der Waals surface area (Å²) in [6, 6.07) is 71.7. The van der Waals surface area contributed by atoms with E-state index in [4.69, 9.17) is 0 Å². The van der Waals surface area contributed by atoms with Gasteiger partial charge in [-0.25, -0.2) is 0 Å². The summed E-state index contributed by atoms with van der Waals surface area (Å²) in [5.41, 5.74) is 15.2. The van der Waals surface area contributed by atoms with Crippen LogP contribution in [0.4, 0.5) is 17.1 Å². The van der Waals surface area contributed by atoms with Gasteiger partial charge in [-0.1, -0.05) is 152 Å². The van der Waals surface area contributed by atoms with E-state index in [-0.39, 0.29) is 0 Å². The Morgan fingerprint density at radius 1 is 0.333 bits per heavy atom. The Bertz CT molecular complexity index is 2530. The number of fused-ring (bicyclic) bond motifs is 1. The molecular weight excluding hydrogens is 687 g/mol. The average molecular weight is 734 g/mol. The summed E-state index contributed by atoms with van der Waals surface area (Å²) in [6.45, 7) is 0. The van der Waals surface area contributed by atoms with Crippen LogP contribution in [0.5, 0.6) is 0 Å². The van der Waals surface area contributed by atoms with Crippen molar-refractivity contribution < 1.29 is 0 Å². The maximum Gasteiger partial charge on any atom is 0.0462 e. The van der Waals surface area contributed by atoms with Crippen molar-refractivity contribution >= 4 is 27.8 Å². The summed E-state index contributed by atoms with van der Waals surface area (Å²) >= 11 is 0. The minimum atomic E-state index is 0.643. The van der Waals surface area contributed by atoms with E-state index in [1.54, 1.807) is 5.56 Å². The minimum Gasteiger partial charge on any atom is -0.311 e. The first-order valence-corrected chi connectivity index (χ1v) is 21.1. The molecule has 57 heavy (non-hydrogen) atoms. The zero-order chi connectivity index (χ0) is 37.7. The van der Waals surface area contributed by atoms with E-state index in [0.717, 1.165) is 40.7 Å². The molecule has 0 unspecified atom stereocenters. The molecule has 0 saturated heterocycles. The fourth-order valence-electron chi connectivity index (χ4n) is 11.3. The summed E-state index contributed by atoms with van der Waals surface area (Å²) in [4.78, 5) is 2.38. The molecule has 0 amide bonds. The second kappa shape index (κ2) is 14.4. The topological polar surface area (TPSA) is 3.24 Å². The van der Waals surface area contributed by atoms with Crippen molar-refractivity contribution in [3.8, 4) is 44.5 Å².